The van der Waals surface area contributed by atoms with E-state index < -0.39 is 12.1 Å². The first-order chi connectivity index (χ1) is 13.7. The summed E-state index contributed by atoms with van der Waals surface area (Å²) in [4.78, 5) is 21.3. The smallest absolute Gasteiger partial charge is 0.434 e. The van der Waals surface area contributed by atoms with Crippen LogP contribution in [0.1, 0.15) is 129 Å². The van der Waals surface area contributed by atoms with Crippen molar-refractivity contribution in [1.82, 2.24) is 0 Å². The predicted octanol–water partition coefficient (Wildman–Crippen LogP) is 7.82. The Bertz CT molecular complexity index is 368. The van der Waals surface area contributed by atoms with E-state index >= 15 is 0 Å². The molecule has 0 aromatic rings. The lowest BCUT2D eigenvalue weighted by molar-refractivity contribution is -0.0480. The average molecular weight is 401 g/mol. The van der Waals surface area contributed by atoms with Crippen LogP contribution in [0, 0.1) is 0 Å². The van der Waals surface area contributed by atoms with Gasteiger partial charge in [0.05, 0.1) is 6.61 Å². The number of carbonyl (C=O) groups excluding carboxylic acids is 1. The Morgan fingerprint density at radius 2 is 1.07 bits per heavy atom. The van der Waals surface area contributed by atoms with Gasteiger partial charge in [0.1, 0.15) is 0 Å². The highest BCUT2D eigenvalue weighted by Crippen LogP contribution is 2.37. The van der Waals surface area contributed by atoms with E-state index in [1.165, 1.54) is 83.5 Å². The van der Waals surface area contributed by atoms with Gasteiger partial charge in [0.15, 0.2) is 0 Å². The Morgan fingerprint density at radius 1 is 0.643 bits per heavy atom. The third-order valence-electron chi connectivity index (χ3n) is 5.31. The van der Waals surface area contributed by atoms with Crippen LogP contribution in [0.2, 0.25) is 0 Å². The van der Waals surface area contributed by atoms with Crippen LogP contribution >= 0.6 is 0 Å². The fraction of sp³-hybridized carbons (Fsp3) is 0.957. The summed E-state index contributed by atoms with van der Waals surface area (Å²) in [5, 5.41) is 0. The fourth-order valence-electron chi connectivity index (χ4n) is 3.38. The molecule has 1 saturated heterocycles. The van der Waals surface area contributed by atoms with Crippen molar-refractivity contribution >= 4 is 6.16 Å². The highest BCUT2D eigenvalue weighted by atomic mass is 17.5. The maximum atomic E-state index is 11.5. The largest absolute Gasteiger partial charge is 0.512 e. The van der Waals surface area contributed by atoms with Crippen molar-refractivity contribution in [1.29, 1.82) is 0 Å². The van der Waals surface area contributed by atoms with Gasteiger partial charge in [0.2, 0.25) is 0 Å². The lowest BCUT2D eigenvalue weighted by Gasteiger charge is -2.09. The predicted molar refractivity (Wildman–Crippen MR) is 112 cm³/mol. The van der Waals surface area contributed by atoms with E-state index in [1.54, 1.807) is 0 Å². The van der Waals surface area contributed by atoms with Crippen LogP contribution < -0.4 is 0 Å². The van der Waals surface area contributed by atoms with Crippen molar-refractivity contribution in [3.8, 4) is 0 Å². The molecular formula is C23H44O5. The van der Waals surface area contributed by atoms with E-state index in [2.05, 4.69) is 6.92 Å². The molecule has 1 heterocycles. The van der Waals surface area contributed by atoms with Gasteiger partial charge in [-0.2, -0.15) is 9.78 Å². The molecule has 28 heavy (non-hydrogen) atoms. The maximum Gasteiger partial charge on any atom is 0.512 e. The molecule has 1 aliphatic heterocycles. The molecule has 0 N–H and O–H groups in total. The number of carbonyl (C=O) groups is 1. The molecule has 0 radical (unpaired) electrons. The van der Waals surface area contributed by atoms with Crippen LogP contribution in [0.15, 0.2) is 0 Å². The summed E-state index contributed by atoms with van der Waals surface area (Å²) in [6.07, 6.45) is 21.5. The zero-order valence-corrected chi connectivity index (χ0v) is 18.5. The zero-order valence-electron chi connectivity index (χ0n) is 18.5. The second-order valence-electron chi connectivity index (χ2n) is 8.10. The molecule has 0 aliphatic carbocycles. The Kier molecular flexibility index (Phi) is 15.4. The molecule has 0 bridgehead atoms. The first-order valence-electron chi connectivity index (χ1n) is 11.9. The first-order valence-corrected chi connectivity index (χ1v) is 11.9. The zero-order chi connectivity index (χ0) is 20.3. The quantitative estimate of drug-likeness (QED) is 0.0902. The van der Waals surface area contributed by atoms with Crippen LogP contribution in [0.25, 0.3) is 0 Å². The van der Waals surface area contributed by atoms with Crippen LogP contribution in [-0.4, -0.2) is 18.7 Å². The molecule has 0 saturated carbocycles. The van der Waals surface area contributed by atoms with E-state index in [9.17, 15) is 4.79 Å². The minimum atomic E-state index is -1.17. The summed E-state index contributed by atoms with van der Waals surface area (Å²) >= 11 is 0. The molecule has 5 nitrogen and oxygen atoms in total. The Balaban J connectivity index is 1.81. The number of unbranched alkanes of at least 4 members (excludes halogenated alkanes) is 15. The van der Waals surface area contributed by atoms with Gasteiger partial charge in [0.25, 0.3) is 0 Å². The first kappa shape index (κ1) is 25.2. The van der Waals surface area contributed by atoms with Crippen molar-refractivity contribution < 1.29 is 24.0 Å². The normalized spacial score (nSPS) is 14.8. The molecule has 1 fully saturated rings. The summed E-state index contributed by atoms with van der Waals surface area (Å²) in [6, 6.07) is 0. The minimum absolute atomic E-state index is 0.379. The summed E-state index contributed by atoms with van der Waals surface area (Å²) < 4.78 is 10.1. The van der Waals surface area contributed by atoms with Crippen molar-refractivity contribution in [2.75, 3.05) is 6.61 Å². The van der Waals surface area contributed by atoms with Gasteiger partial charge in [-0.1, -0.05) is 110 Å². The van der Waals surface area contributed by atoms with Crippen LogP contribution in [0.5, 0.6) is 0 Å². The Morgan fingerprint density at radius 3 is 1.50 bits per heavy atom. The Hall–Kier alpha value is -0.810. The highest BCUT2D eigenvalue weighted by Gasteiger charge is 2.53. The number of hydrogen-bond donors (Lipinski definition) is 0. The molecular weight excluding hydrogens is 356 g/mol. The fourth-order valence-corrected chi connectivity index (χ4v) is 3.38. The third kappa shape index (κ3) is 14.2. The van der Waals surface area contributed by atoms with E-state index in [0.717, 1.165) is 25.7 Å². The topological polar surface area (TPSA) is 60.6 Å². The number of hydrogen-bond acceptors (Lipinski definition) is 5. The van der Waals surface area contributed by atoms with Gasteiger partial charge in [0, 0.05) is 6.42 Å². The monoisotopic (exact) mass is 400 g/mol. The summed E-state index contributed by atoms with van der Waals surface area (Å²) in [6.45, 7) is 4.69. The minimum Gasteiger partial charge on any atom is -0.434 e. The summed E-state index contributed by atoms with van der Waals surface area (Å²) in [5.41, 5.74) is 0. The molecule has 1 rings (SSSR count). The van der Waals surface area contributed by atoms with Gasteiger partial charge in [-0.25, -0.2) is 4.79 Å². The maximum absolute atomic E-state index is 11.5. The summed E-state index contributed by atoms with van der Waals surface area (Å²) in [5.74, 6) is -1.17. The number of ether oxygens (including phenoxy) is 2. The molecule has 1 aliphatic rings. The van der Waals surface area contributed by atoms with Gasteiger partial charge < -0.3 is 9.47 Å². The van der Waals surface area contributed by atoms with Crippen molar-refractivity contribution in [3.63, 3.8) is 0 Å². The molecule has 0 amide bonds. The standard InChI is InChI=1S/C23H44O5/c1-3-5-7-8-9-10-11-12-13-14-15-16-17-18-19-20-23(27-28-23)26-22(24)25-21-6-4-2/h3-21H2,1-2H3. The third-order valence-corrected chi connectivity index (χ3v) is 5.31. The lowest BCUT2D eigenvalue weighted by Crippen LogP contribution is -2.22. The number of rotatable bonds is 20. The van der Waals surface area contributed by atoms with Crippen LogP contribution in [-0.2, 0) is 19.2 Å². The SMILES string of the molecule is CCCCCCCCCCCCCCCCCC1(OC(=O)OCCCC)OO1. The lowest BCUT2D eigenvalue weighted by atomic mass is 10.0. The van der Waals surface area contributed by atoms with Crippen molar-refractivity contribution in [2.24, 2.45) is 0 Å². The molecule has 0 aromatic heterocycles. The summed E-state index contributed by atoms with van der Waals surface area (Å²) in [7, 11) is 0. The highest BCUT2D eigenvalue weighted by molar-refractivity contribution is 5.60. The second kappa shape index (κ2) is 17.1. The molecule has 0 unspecified atom stereocenters. The van der Waals surface area contributed by atoms with E-state index in [0.29, 0.717) is 13.0 Å². The molecule has 0 spiro atoms. The van der Waals surface area contributed by atoms with Gasteiger partial charge >= 0.3 is 12.1 Å². The van der Waals surface area contributed by atoms with Gasteiger partial charge in [-0.05, 0) is 12.8 Å². The molecule has 0 aromatic carbocycles. The second-order valence-corrected chi connectivity index (χ2v) is 8.10. The average Bonchev–Trinajstić information content (AvgIpc) is 3.44. The van der Waals surface area contributed by atoms with Gasteiger partial charge in [-0.3, -0.25) is 0 Å². The van der Waals surface area contributed by atoms with Crippen LogP contribution in [0.3, 0.4) is 0 Å². The van der Waals surface area contributed by atoms with Crippen LogP contribution in [0.4, 0.5) is 4.79 Å². The molecule has 0 atom stereocenters. The van der Waals surface area contributed by atoms with E-state index in [-0.39, 0.29) is 0 Å². The van der Waals surface area contributed by atoms with E-state index in [4.69, 9.17) is 19.2 Å². The van der Waals surface area contributed by atoms with E-state index in [1.807, 2.05) is 6.92 Å². The van der Waals surface area contributed by atoms with Crippen molar-refractivity contribution in [3.05, 3.63) is 0 Å². The van der Waals surface area contributed by atoms with Gasteiger partial charge in [-0.15, -0.1) is 0 Å². The van der Waals surface area contributed by atoms with Crippen molar-refractivity contribution in [2.45, 2.75) is 135 Å². The molecule has 5 heteroatoms. The molecule has 166 valence electrons. The Labute approximate surface area is 172 Å².